The molecule has 0 heterocycles. The Labute approximate surface area is 161 Å². The number of amides is 3. The van der Waals surface area contributed by atoms with Crippen molar-refractivity contribution in [2.45, 2.75) is 70.8 Å². The van der Waals surface area contributed by atoms with E-state index in [1.807, 2.05) is 0 Å². The highest BCUT2D eigenvalue weighted by Gasteiger charge is 2.21. The van der Waals surface area contributed by atoms with Crippen molar-refractivity contribution < 1.29 is 14.4 Å². The van der Waals surface area contributed by atoms with Crippen LogP contribution in [0, 0.1) is 0 Å². The molecule has 2 rings (SSSR count). The van der Waals surface area contributed by atoms with Crippen molar-refractivity contribution in [3.05, 3.63) is 29.8 Å². The zero-order chi connectivity index (χ0) is 19.5. The Morgan fingerprint density at radius 2 is 1.67 bits per heavy atom. The van der Waals surface area contributed by atoms with E-state index in [0.29, 0.717) is 17.8 Å². The van der Waals surface area contributed by atoms with Gasteiger partial charge in [0.2, 0.25) is 0 Å². The van der Waals surface area contributed by atoms with Gasteiger partial charge in [0.25, 0.3) is 5.91 Å². The van der Waals surface area contributed by atoms with Gasteiger partial charge >= 0.3 is 11.8 Å². The molecule has 0 unspecified atom stereocenters. The number of hydrogen-bond donors (Lipinski definition) is 3. The zero-order valence-electron chi connectivity index (χ0n) is 16.2. The first-order chi connectivity index (χ1) is 13.1. The summed E-state index contributed by atoms with van der Waals surface area (Å²) < 4.78 is 0. The van der Waals surface area contributed by atoms with Gasteiger partial charge in [-0.2, -0.15) is 0 Å². The summed E-state index contributed by atoms with van der Waals surface area (Å²) >= 11 is 0. The van der Waals surface area contributed by atoms with Crippen molar-refractivity contribution in [1.82, 2.24) is 10.6 Å². The molecule has 1 aliphatic rings. The Kier molecular flexibility index (Phi) is 8.81. The minimum atomic E-state index is -0.746. The van der Waals surface area contributed by atoms with Crippen LogP contribution >= 0.6 is 0 Å². The van der Waals surface area contributed by atoms with E-state index >= 15 is 0 Å². The van der Waals surface area contributed by atoms with Gasteiger partial charge < -0.3 is 16.0 Å². The maximum Gasteiger partial charge on any atom is 0.313 e. The van der Waals surface area contributed by atoms with Crippen molar-refractivity contribution >= 4 is 23.4 Å². The first kappa shape index (κ1) is 20.9. The number of carbonyl (C=O) groups is 3. The lowest BCUT2D eigenvalue weighted by Gasteiger charge is -2.15. The summed E-state index contributed by atoms with van der Waals surface area (Å²) in [6, 6.07) is 6.96. The number of hydrogen-bond acceptors (Lipinski definition) is 3. The van der Waals surface area contributed by atoms with Crippen LogP contribution in [0.3, 0.4) is 0 Å². The van der Waals surface area contributed by atoms with Gasteiger partial charge in [0.05, 0.1) is 11.3 Å². The predicted molar refractivity (Wildman–Crippen MR) is 107 cm³/mol. The normalized spacial score (nSPS) is 14.0. The Bertz CT molecular complexity index is 639. The second kappa shape index (κ2) is 11.4. The number of benzene rings is 1. The molecule has 3 amide bonds. The van der Waals surface area contributed by atoms with Crippen molar-refractivity contribution in [3.8, 4) is 0 Å². The van der Waals surface area contributed by atoms with E-state index in [-0.39, 0.29) is 11.9 Å². The van der Waals surface area contributed by atoms with Crippen LogP contribution in [0.4, 0.5) is 5.69 Å². The summed E-state index contributed by atoms with van der Waals surface area (Å²) in [7, 11) is 0. The van der Waals surface area contributed by atoms with E-state index in [2.05, 4.69) is 22.9 Å². The van der Waals surface area contributed by atoms with Gasteiger partial charge in [-0.3, -0.25) is 14.4 Å². The molecule has 3 N–H and O–H groups in total. The largest absolute Gasteiger partial charge is 0.349 e. The fourth-order valence-electron chi connectivity index (χ4n) is 3.31. The molecule has 0 bridgehead atoms. The molecule has 0 radical (unpaired) electrons. The molecule has 1 aromatic carbocycles. The number of nitrogens with one attached hydrogen (secondary N) is 3. The van der Waals surface area contributed by atoms with E-state index in [4.69, 9.17) is 0 Å². The lowest BCUT2D eigenvalue weighted by atomic mass is 10.1. The monoisotopic (exact) mass is 373 g/mol. The standard InChI is InChI=1S/C21H31N3O3/c1-2-3-4-5-10-15-22-20(26)21(27)24-18-14-9-8-13-17(18)19(25)23-16-11-6-7-12-16/h8-9,13-14,16H,2-7,10-12,15H2,1H3,(H,22,26)(H,23,25)(H,24,27). The summed E-state index contributed by atoms with van der Waals surface area (Å²) in [5.74, 6) is -1.63. The molecule has 6 nitrogen and oxygen atoms in total. The van der Waals surface area contributed by atoms with Gasteiger partial charge in [0, 0.05) is 12.6 Å². The highest BCUT2D eigenvalue weighted by Crippen LogP contribution is 2.20. The molecular formula is C21H31N3O3. The summed E-state index contributed by atoms with van der Waals surface area (Å²) in [6.45, 7) is 2.64. The van der Waals surface area contributed by atoms with Gasteiger partial charge in [0.15, 0.2) is 0 Å². The number of para-hydroxylation sites is 1. The lowest BCUT2D eigenvalue weighted by molar-refractivity contribution is -0.136. The van der Waals surface area contributed by atoms with E-state index in [1.165, 1.54) is 12.8 Å². The van der Waals surface area contributed by atoms with Gasteiger partial charge in [-0.25, -0.2) is 0 Å². The van der Waals surface area contributed by atoms with Gasteiger partial charge in [-0.1, -0.05) is 57.6 Å². The average Bonchev–Trinajstić information content (AvgIpc) is 3.17. The van der Waals surface area contributed by atoms with Crippen molar-refractivity contribution in [1.29, 1.82) is 0 Å². The van der Waals surface area contributed by atoms with E-state index in [1.54, 1.807) is 24.3 Å². The topological polar surface area (TPSA) is 87.3 Å². The van der Waals surface area contributed by atoms with Crippen molar-refractivity contribution in [2.75, 3.05) is 11.9 Å². The summed E-state index contributed by atoms with van der Waals surface area (Å²) in [4.78, 5) is 36.6. The SMILES string of the molecule is CCCCCCCNC(=O)C(=O)Nc1ccccc1C(=O)NC1CCCC1. The number of rotatable bonds is 9. The van der Waals surface area contributed by atoms with Crippen LogP contribution in [-0.2, 0) is 9.59 Å². The molecule has 6 heteroatoms. The molecule has 1 aromatic rings. The third-order valence-electron chi connectivity index (χ3n) is 4.88. The molecule has 0 aromatic heterocycles. The highest BCUT2D eigenvalue weighted by atomic mass is 16.2. The number of carbonyl (C=O) groups excluding carboxylic acids is 3. The van der Waals surface area contributed by atoms with E-state index in [0.717, 1.165) is 44.9 Å². The Balaban J connectivity index is 1.84. The minimum Gasteiger partial charge on any atom is -0.349 e. The maximum absolute atomic E-state index is 12.5. The lowest BCUT2D eigenvalue weighted by Crippen LogP contribution is -2.37. The van der Waals surface area contributed by atoms with E-state index in [9.17, 15) is 14.4 Å². The molecule has 27 heavy (non-hydrogen) atoms. The molecule has 0 atom stereocenters. The molecule has 1 saturated carbocycles. The third-order valence-corrected chi connectivity index (χ3v) is 4.88. The first-order valence-electron chi connectivity index (χ1n) is 10.1. The van der Waals surface area contributed by atoms with Crippen LogP contribution in [0.25, 0.3) is 0 Å². The fraction of sp³-hybridized carbons (Fsp3) is 0.571. The second-order valence-electron chi connectivity index (χ2n) is 7.12. The van der Waals surface area contributed by atoms with Crippen LogP contribution in [0.1, 0.15) is 75.1 Å². The fourth-order valence-corrected chi connectivity index (χ4v) is 3.31. The van der Waals surface area contributed by atoms with Crippen molar-refractivity contribution in [3.63, 3.8) is 0 Å². The summed E-state index contributed by atoms with van der Waals surface area (Å²) in [5, 5.41) is 8.21. The highest BCUT2D eigenvalue weighted by molar-refractivity contribution is 6.40. The van der Waals surface area contributed by atoms with Crippen LogP contribution in [0.15, 0.2) is 24.3 Å². The van der Waals surface area contributed by atoms with E-state index < -0.39 is 11.8 Å². The molecule has 0 saturated heterocycles. The number of anilines is 1. The quantitative estimate of drug-likeness (QED) is 0.458. The van der Waals surface area contributed by atoms with Gasteiger partial charge in [-0.05, 0) is 31.4 Å². The van der Waals surface area contributed by atoms with Crippen LogP contribution < -0.4 is 16.0 Å². The third kappa shape index (κ3) is 7.04. The molecule has 1 fully saturated rings. The average molecular weight is 373 g/mol. The van der Waals surface area contributed by atoms with Crippen LogP contribution in [0.5, 0.6) is 0 Å². The minimum absolute atomic E-state index is 0.192. The first-order valence-corrected chi connectivity index (χ1v) is 10.1. The van der Waals surface area contributed by atoms with Crippen LogP contribution in [0.2, 0.25) is 0 Å². The second-order valence-corrected chi connectivity index (χ2v) is 7.12. The molecule has 148 valence electrons. The Morgan fingerprint density at radius 3 is 2.41 bits per heavy atom. The Hall–Kier alpha value is -2.37. The van der Waals surface area contributed by atoms with Crippen molar-refractivity contribution in [2.24, 2.45) is 0 Å². The molecule has 1 aliphatic carbocycles. The van der Waals surface area contributed by atoms with Crippen LogP contribution in [-0.4, -0.2) is 30.3 Å². The summed E-state index contributed by atoms with van der Waals surface area (Å²) in [5.41, 5.74) is 0.737. The molecular weight excluding hydrogens is 342 g/mol. The molecule has 0 aliphatic heterocycles. The molecule has 0 spiro atoms. The smallest absolute Gasteiger partial charge is 0.313 e. The Morgan fingerprint density at radius 1 is 0.963 bits per heavy atom. The summed E-state index contributed by atoms with van der Waals surface area (Å²) in [6.07, 6.45) is 9.63. The predicted octanol–water partition coefficient (Wildman–Crippen LogP) is 3.38. The van der Waals surface area contributed by atoms with Gasteiger partial charge in [0.1, 0.15) is 0 Å². The number of unbranched alkanes of at least 4 members (excludes halogenated alkanes) is 4. The maximum atomic E-state index is 12.5. The zero-order valence-corrected chi connectivity index (χ0v) is 16.2. The van der Waals surface area contributed by atoms with Gasteiger partial charge in [-0.15, -0.1) is 0 Å².